The molecule has 0 aliphatic carbocycles. The zero-order valence-electron chi connectivity index (χ0n) is 20.8. The predicted octanol–water partition coefficient (Wildman–Crippen LogP) is 5.61. The molecule has 7 nitrogen and oxygen atoms in total. The number of carboxylic acids is 1. The number of phenols is 1. The minimum Gasteiger partial charge on any atom is -0.506 e. The van der Waals surface area contributed by atoms with Gasteiger partial charge < -0.3 is 14.9 Å². The molecule has 0 radical (unpaired) electrons. The SMILES string of the molecule is Cc1ccc(F)c(C(C)C(NS(=O)(=O)c2c(O)cc(Cl)cc2C(C)OCc2ccccc2)C(=O)O)c1C. The van der Waals surface area contributed by atoms with Crippen LogP contribution in [-0.2, 0) is 26.2 Å². The molecule has 198 valence electrons. The fraction of sp³-hybridized carbons (Fsp3) is 0.296. The first kappa shape index (κ1) is 28.6. The molecule has 0 saturated carbocycles. The van der Waals surface area contributed by atoms with Gasteiger partial charge in [-0.2, -0.15) is 4.72 Å². The Morgan fingerprint density at radius 2 is 1.76 bits per heavy atom. The molecule has 0 aliphatic rings. The van der Waals surface area contributed by atoms with Crippen LogP contribution in [-0.4, -0.2) is 30.6 Å². The highest BCUT2D eigenvalue weighted by Crippen LogP contribution is 2.37. The highest BCUT2D eigenvalue weighted by molar-refractivity contribution is 7.89. The first-order valence-electron chi connectivity index (χ1n) is 11.5. The third-order valence-electron chi connectivity index (χ3n) is 6.35. The third kappa shape index (κ3) is 6.48. The molecule has 0 fully saturated rings. The molecular weight excluding hydrogens is 521 g/mol. The lowest BCUT2D eigenvalue weighted by molar-refractivity contribution is -0.139. The maximum absolute atomic E-state index is 14.7. The van der Waals surface area contributed by atoms with Crippen LogP contribution >= 0.6 is 11.6 Å². The lowest BCUT2D eigenvalue weighted by Gasteiger charge is -2.26. The number of aromatic hydroxyl groups is 1. The summed E-state index contributed by atoms with van der Waals surface area (Å²) in [7, 11) is -4.64. The van der Waals surface area contributed by atoms with E-state index in [1.54, 1.807) is 26.8 Å². The van der Waals surface area contributed by atoms with E-state index in [4.69, 9.17) is 16.3 Å². The van der Waals surface area contributed by atoms with Crippen molar-refractivity contribution in [2.24, 2.45) is 0 Å². The van der Waals surface area contributed by atoms with Crippen LogP contribution in [0.25, 0.3) is 0 Å². The Balaban J connectivity index is 1.99. The standard InChI is InChI=1S/C27H29ClFNO6S/c1-15-10-11-22(29)24(16(15)2)17(3)25(27(32)33)30-37(34,35)26-21(12-20(28)13-23(26)31)18(4)36-14-19-8-6-5-7-9-19/h5-13,17-18,25,30-31H,14H2,1-4H3,(H,32,33). The van der Waals surface area contributed by atoms with Crippen molar-refractivity contribution in [1.82, 2.24) is 4.72 Å². The maximum atomic E-state index is 14.7. The Hall–Kier alpha value is -2.98. The van der Waals surface area contributed by atoms with Crippen LogP contribution in [0.3, 0.4) is 0 Å². The van der Waals surface area contributed by atoms with Crippen molar-refractivity contribution in [2.75, 3.05) is 0 Å². The molecule has 3 rings (SSSR count). The Labute approximate surface area is 220 Å². The minimum absolute atomic E-state index is 0.0446. The summed E-state index contributed by atoms with van der Waals surface area (Å²) >= 11 is 6.10. The molecule has 3 N–H and O–H groups in total. The fourth-order valence-electron chi connectivity index (χ4n) is 4.20. The van der Waals surface area contributed by atoms with Crippen LogP contribution in [0.4, 0.5) is 4.39 Å². The molecule has 0 heterocycles. The van der Waals surface area contributed by atoms with E-state index >= 15 is 0 Å². The van der Waals surface area contributed by atoms with Crippen LogP contribution in [0.5, 0.6) is 5.75 Å². The first-order chi connectivity index (χ1) is 17.3. The molecule has 0 spiro atoms. The Kier molecular flexibility index (Phi) is 8.96. The van der Waals surface area contributed by atoms with E-state index in [-0.39, 0.29) is 22.8 Å². The molecule has 37 heavy (non-hydrogen) atoms. The molecular formula is C27H29ClFNO6S. The van der Waals surface area contributed by atoms with Gasteiger partial charge in [0.05, 0.1) is 12.7 Å². The lowest BCUT2D eigenvalue weighted by Crippen LogP contribution is -2.44. The van der Waals surface area contributed by atoms with Gasteiger partial charge in [0.25, 0.3) is 0 Å². The average Bonchev–Trinajstić information content (AvgIpc) is 2.83. The number of aliphatic carboxylic acids is 1. The number of halogens is 2. The van der Waals surface area contributed by atoms with Crippen LogP contribution in [0, 0.1) is 19.7 Å². The fourth-order valence-corrected chi connectivity index (χ4v) is 6.05. The topological polar surface area (TPSA) is 113 Å². The molecule has 3 aromatic rings. The smallest absolute Gasteiger partial charge is 0.322 e. The van der Waals surface area contributed by atoms with E-state index in [1.807, 2.05) is 30.3 Å². The van der Waals surface area contributed by atoms with Gasteiger partial charge in [0.15, 0.2) is 0 Å². The van der Waals surface area contributed by atoms with Crippen LogP contribution in [0.1, 0.15) is 53.7 Å². The monoisotopic (exact) mass is 549 g/mol. The van der Waals surface area contributed by atoms with Crippen molar-refractivity contribution < 1.29 is 32.6 Å². The predicted molar refractivity (Wildman–Crippen MR) is 139 cm³/mol. The van der Waals surface area contributed by atoms with E-state index < -0.39 is 50.5 Å². The van der Waals surface area contributed by atoms with E-state index in [1.165, 1.54) is 19.1 Å². The molecule has 3 aromatic carbocycles. The summed E-state index contributed by atoms with van der Waals surface area (Å²) in [6.07, 6.45) is -0.839. The molecule has 3 atom stereocenters. The van der Waals surface area contributed by atoms with Crippen LogP contribution in [0.2, 0.25) is 5.02 Å². The lowest BCUT2D eigenvalue weighted by atomic mass is 9.88. The normalized spacial score (nSPS) is 14.2. The largest absolute Gasteiger partial charge is 0.506 e. The number of carboxylic acid groups (broad SMARTS) is 1. The minimum atomic E-state index is -4.64. The van der Waals surface area contributed by atoms with E-state index in [9.17, 15) is 27.8 Å². The summed E-state index contributed by atoms with van der Waals surface area (Å²) in [4.78, 5) is 11.6. The quantitative estimate of drug-likeness (QED) is 0.303. The number of carbonyl (C=O) groups is 1. The van der Waals surface area contributed by atoms with E-state index in [0.29, 0.717) is 5.56 Å². The van der Waals surface area contributed by atoms with Gasteiger partial charge in [0, 0.05) is 16.5 Å². The van der Waals surface area contributed by atoms with Gasteiger partial charge in [0.2, 0.25) is 10.0 Å². The van der Waals surface area contributed by atoms with Gasteiger partial charge in [-0.1, -0.05) is 54.9 Å². The highest BCUT2D eigenvalue weighted by Gasteiger charge is 2.36. The zero-order valence-corrected chi connectivity index (χ0v) is 22.4. The van der Waals surface area contributed by atoms with Crippen molar-refractivity contribution in [2.45, 2.75) is 57.3 Å². The summed E-state index contributed by atoms with van der Waals surface area (Å²) in [5.74, 6) is -3.88. The zero-order chi connectivity index (χ0) is 27.5. The third-order valence-corrected chi connectivity index (χ3v) is 8.11. The number of ether oxygens (including phenoxy) is 1. The van der Waals surface area contributed by atoms with Gasteiger partial charge in [0.1, 0.15) is 22.5 Å². The van der Waals surface area contributed by atoms with Gasteiger partial charge in [-0.25, -0.2) is 12.8 Å². The number of hydrogen-bond acceptors (Lipinski definition) is 5. The second-order valence-corrected chi connectivity index (χ2v) is 11.0. The Morgan fingerprint density at radius 1 is 1.11 bits per heavy atom. The second kappa shape index (κ2) is 11.6. The summed E-state index contributed by atoms with van der Waals surface area (Å²) in [5, 5.41) is 20.6. The molecule has 0 bridgehead atoms. The summed E-state index contributed by atoms with van der Waals surface area (Å²) in [6, 6.07) is 12.6. The first-order valence-corrected chi connectivity index (χ1v) is 13.4. The Morgan fingerprint density at radius 3 is 2.38 bits per heavy atom. The van der Waals surface area contributed by atoms with Gasteiger partial charge in [-0.3, -0.25) is 4.79 Å². The maximum Gasteiger partial charge on any atom is 0.322 e. The van der Waals surface area contributed by atoms with Crippen LogP contribution in [0.15, 0.2) is 59.5 Å². The number of nitrogens with one attached hydrogen (secondary N) is 1. The van der Waals surface area contributed by atoms with E-state index in [2.05, 4.69) is 4.72 Å². The molecule has 0 aromatic heterocycles. The van der Waals surface area contributed by atoms with Crippen molar-refractivity contribution in [1.29, 1.82) is 0 Å². The van der Waals surface area contributed by atoms with Crippen molar-refractivity contribution in [3.63, 3.8) is 0 Å². The van der Waals surface area contributed by atoms with Gasteiger partial charge in [-0.15, -0.1) is 0 Å². The number of benzene rings is 3. The van der Waals surface area contributed by atoms with Crippen molar-refractivity contribution >= 4 is 27.6 Å². The number of hydrogen-bond donors (Lipinski definition) is 3. The number of phenolic OH excluding ortho intramolecular Hbond substituents is 1. The van der Waals surface area contributed by atoms with E-state index in [0.717, 1.165) is 17.2 Å². The molecule has 0 aliphatic heterocycles. The molecule has 3 unspecified atom stereocenters. The van der Waals surface area contributed by atoms with Crippen LogP contribution < -0.4 is 4.72 Å². The number of rotatable bonds is 10. The van der Waals surface area contributed by atoms with Gasteiger partial charge >= 0.3 is 5.97 Å². The highest BCUT2D eigenvalue weighted by atomic mass is 35.5. The number of aryl methyl sites for hydroxylation is 1. The average molecular weight is 550 g/mol. The molecule has 0 saturated heterocycles. The Bertz CT molecular complexity index is 1400. The number of sulfonamides is 1. The van der Waals surface area contributed by atoms with Gasteiger partial charge in [-0.05, 0) is 61.2 Å². The summed E-state index contributed by atoms with van der Waals surface area (Å²) in [5.41, 5.74) is 2.24. The van der Waals surface area contributed by atoms with Crippen molar-refractivity contribution in [3.05, 3.63) is 93.3 Å². The summed E-state index contributed by atoms with van der Waals surface area (Å²) < 4.78 is 49.8. The molecule has 10 heteroatoms. The molecule has 0 amide bonds. The van der Waals surface area contributed by atoms with Crippen molar-refractivity contribution in [3.8, 4) is 5.75 Å². The second-order valence-electron chi connectivity index (χ2n) is 8.91. The summed E-state index contributed by atoms with van der Waals surface area (Å²) in [6.45, 7) is 6.57.